The van der Waals surface area contributed by atoms with Gasteiger partial charge in [-0.15, -0.1) is 0 Å². The zero-order valence-electron chi connectivity index (χ0n) is 11.3. The van der Waals surface area contributed by atoms with Crippen molar-refractivity contribution < 1.29 is 24.0 Å². The van der Waals surface area contributed by atoms with Gasteiger partial charge in [0.15, 0.2) is 0 Å². The quantitative estimate of drug-likeness (QED) is 0.518. The molecule has 2 aromatic rings. The molecule has 1 fully saturated rings. The maximum Gasteiger partial charge on any atom is 0.307 e. The molecule has 1 aliphatic rings. The predicted molar refractivity (Wildman–Crippen MR) is 71.6 cm³/mol. The van der Waals surface area contributed by atoms with Gasteiger partial charge in [0.1, 0.15) is 11.9 Å². The Morgan fingerprint density at radius 1 is 1.59 bits per heavy atom. The highest BCUT2D eigenvalue weighted by Gasteiger charge is 2.41. The Balaban J connectivity index is 2.00. The summed E-state index contributed by atoms with van der Waals surface area (Å²) in [6.45, 7) is -0.483. The summed E-state index contributed by atoms with van der Waals surface area (Å²) in [5.74, 6) is -1.05. The second-order valence-corrected chi connectivity index (χ2v) is 5.01. The molecule has 3 atom stereocenters. The van der Waals surface area contributed by atoms with Crippen LogP contribution in [-0.2, 0) is 9.53 Å². The Morgan fingerprint density at radius 3 is 2.95 bits per heavy atom. The van der Waals surface area contributed by atoms with Gasteiger partial charge in [-0.1, -0.05) is 0 Å². The molecule has 22 heavy (non-hydrogen) atoms. The normalized spacial score (nSPS) is 24.7. The van der Waals surface area contributed by atoms with E-state index in [0.717, 1.165) is 0 Å². The molecule has 3 rings (SSSR count). The smallest absolute Gasteiger partial charge is 0.307 e. The van der Waals surface area contributed by atoms with E-state index in [1.165, 1.54) is 29.1 Å². The van der Waals surface area contributed by atoms with Crippen LogP contribution in [0.5, 0.6) is 0 Å². The number of nitrogens with zero attached hydrogens (tertiary/aromatic N) is 3. The monoisotopic (exact) mass is 309 g/mol. The molecule has 1 N–H and O–H groups in total. The second-order valence-electron chi connectivity index (χ2n) is 5.01. The molecule has 2 aromatic heterocycles. The van der Waals surface area contributed by atoms with Gasteiger partial charge in [-0.05, 0) is 6.07 Å². The molecule has 8 nitrogen and oxygen atoms in total. The van der Waals surface area contributed by atoms with Crippen molar-refractivity contribution in [3.05, 3.63) is 34.6 Å². The largest absolute Gasteiger partial charge is 0.394 e. The van der Waals surface area contributed by atoms with Crippen molar-refractivity contribution >= 4 is 22.8 Å². The molecular formula is C13H12FN3O5. The summed E-state index contributed by atoms with van der Waals surface area (Å²) in [5, 5.41) is 20.5. The molecule has 1 saturated heterocycles. The highest BCUT2D eigenvalue weighted by atomic mass is 19.1. The lowest BCUT2D eigenvalue weighted by molar-refractivity contribution is -0.383. The van der Waals surface area contributed by atoms with E-state index < -0.39 is 35.8 Å². The van der Waals surface area contributed by atoms with Crippen molar-refractivity contribution in [3.63, 3.8) is 0 Å². The molecule has 0 unspecified atom stereocenters. The average molecular weight is 309 g/mol. The lowest BCUT2D eigenvalue weighted by Gasteiger charge is -2.14. The van der Waals surface area contributed by atoms with E-state index in [0.29, 0.717) is 11.0 Å². The molecular weight excluding hydrogens is 297 g/mol. The summed E-state index contributed by atoms with van der Waals surface area (Å²) in [4.78, 5) is 25.5. The highest BCUT2D eigenvalue weighted by molar-refractivity contribution is 5.86. The van der Waals surface area contributed by atoms with Crippen LogP contribution >= 0.6 is 0 Å². The van der Waals surface area contributed by atoms with Gasteiger partial charge in [-0.3, -0.25) is 14.9 Å². The van der Waals surface area contributed by atoms with Crippen LogP contribution in [-0.4, -0.2) is 38.3 Å². The van der Waals surface area contributed by atoms with E-state index in [2.05, 4.69) is 4.98 Å². The number of carbonyl (C=O) groups is 1. The highest BCUT2D eigenvalue weighted by Crippen LogP contribution is 2.37. The maximum absolute atomic E-state index is 13.0. The molecule has 3 heterocycles. The number of pyridine rings is 1. The van der Waals surface area contributed by atoms with Crippen molar-refractivity contribution in [2.45, 2.75) is 18.8 Å². The molecule has 0 aromatic carbocycles. The SMILES string of the molecule is O=C(F)[C@H]1C[C@H](n2ccc3c([N+](=O)[O-])ccnc32)O[C@@H]1CO. The zero-order chi connectivity index (χ0) is 15.9. The lowest BCUT2D eigenvalue weighted by atomic mass is 10.0. The van der Waals surface area contributed by atoms with Crippen LogP contribution in [0.25, 0.3) is 11.0 Å². The number of halogens is 1. The molecule has 0 bridgehead atoms. The van der Waals surface area contributed by atoms with Crippen LogP contribution < -0.4 is 0 Å². The van der Waals surface area contributed by atoms with Gasteiger partial charge in [-0.2, -0.15) is 4.39 Å². The van der Waals surface area contributed by atoms with E-state index in [4.69, 9.17) is 4.74 Å². The van der Waals surface area contributed by atoms with E-state index >= 15 is 0 Å². The molecule has 116 valence electrons. The van der Waals surface area contributed by atoms with Gasteiger partial charge >= 0.3 is 6.04 Å². The molecule has 1 aliphatic heterocycles. The number of aliphatic hydroxyl groups excluding tert-OH is 1. The summed E-state index contributed by atoms with van der Waals surface area (Å²) in [6, 6.07) is 1.26. The first-order valence-corrected chi connectivity index (χ1v) is 6.58. The minimum absolute atomic E-state index is 0.0364. The van der Waals surface area contributed by atoms with Crippen molar-refractivity contribution in [1.29, 1.82) is 0 Å². The Labute approximate surface area is 123 Å². The summed E-state index contributed by atoms with van der Waals surface area (Å²) < 4.78 is 20.0. The van der Waals surface area contributed by atoms with E-state index in [1.54, 1.807) is 0 Å². The lowest BCUT2D eigenvalue weighted by Crippen LogP contribution is -2.24. The first kappa shape index (κ1) is 14.5. The van der Waals surface area contributed by atoms with E-state index in [-0.39, 0.29) is 12.1 Å². The minimum atomic E-state index is -1.54. The molecule has 0 spiro atoms. The van der Waals surface area contributed by atoms with Gasteiger partial charge in [0, 0.05) is 24.9 Å². The van der Waals surface area contributed by atoms with Crippen molar-refractivity contribution in [1.82, 2.24) is 9.55 Å². The number of aromatic nitrogens is 2. The molecule has 0 radical (unpaired) electrons. The number of hydrogen-bond acceptors (Lipinski definition) is 6. The van der Waals surface area contributed by atoms with Crippen molar-refractivity contribution in [3.8, 4) is 0 Å². The number of hydrogen-bond donors (Lipinski definition) is 1. The molecule has 9 heteroatoms. The number of nitro groups is 1. The van der Waals surface area contributed by atoms with Crippen LogP contribution in [0, 0.1) is 16.0 Å². The van der Waals surface area contributed by atoms with E-state index in [9.17, 15) is 24.4 Å². The predicted octanol–water partition coefficient (Wildman–Crippen LogP) is 1.34. The van der Waals surface area contributed by atoms with Gasteiger partial charge in [0.2, 0.25) is 0 Å². The molecule has 0 amide bonds. The third-order valence-corrected chi connectivity index (χ3v) is 3.81. The topological polar surface area (TPSA) is 107 Å². The van der Waals surface area contributed by atoms with Crippen molar-refractivity contribution in [2.24, 2.45) is 5.92 Å². The summed E-state index contributed by atoms with van der Waals surface area (Å²) in [7, 11) is 0. The Kier molecular flexibility index (Phi) is 3.59. The third kappa shape index (κ3) is 2.24. The Bertz CT molecular complexity index is 746. The number of fused-ring (bicyclic) bond motifs is 1. The summed E-state index contributed by atoms with van der Waals surface area (Å²) in [5.41, 5.74) is 0.210. The van der Waals surface area contributed by atoms with Crippen LogP contribution in [0.4, 0.5) is 10.1 Å². The van der Waals surface area contributed by atoms with Gasteiger partial charge in [0.25, 0.3) is 5.69 Å². The number of aliphatic hydroxyl groups is 1. The molecule has 0 saturated carbocycles. The first-order valence-electron chi connectivity index (χ1n) is 6.58. The van der Waals surface area contributed by atoms with Crippen LogP contribution in [0.2, 0.25) is 0 Å². The number of rotatable bonds is 4. The Morgan fingerprint density at radius 2 is 2.36 bits per heavy atom. The van der Waals surface area contributed by atoms with Crippen LogP contribution in [0.3, 0.4) is 0 Å². The standard InChI is InChI=1S/C13H12FN3O5/c14-12(19)8-5-11(22-10(8)6-18)16-4-2-7-9(17(20)21)1-3-15-13(7)16/h1-4,8,10-11,18H,5-6H2/t8-,10+,11+/m0/s1. The van der Waals surface area contributed by atoms with Gasteiger partial charge in [-0.25, -0.2) is 4.98 Å². The van der Waals surface area contributed by atoms with Gasteiger partial charge < -0.3 is 14.4 Å². The average Bonchev–Trinajstić information content (AvgIpc) is 3.09. The Hall–Kier alpha value is -2.39. The van der Waals surface area contributed by atoms with Crippen LogP contribution in [0.15, 0.2) is 24.5 Å². The maximum atomic E-state index is 13.0. The summed E-state index contributed by atoms with van der Waals surface area (Å²) in [6.07, 6.45) is 1.23. The van der Waals surface area contributed by atoms with Gasteiger partial charge in [0.05, 0.1) is 28.9 Å². The fourth-order valence-corrected chi connectivity index (χ4v) is 2.74. The first-order chi connectivity index (χ1) is 10.5. The fraction of sp³-hybridized carbons (Fsp3) is 0.385. The van der Waals surface area contributed by atoms with Crippen molar-refractivity contribution in [2.75, 3.05) is 6.61 Å². The fourth-order valence-electron chi connectivity index (χ4n) is 2.74. The van der Waals surface area contributed by atoms with Crippen LogP contribution in [0.1, 0.15) is 12.6 Å². The zero-order valence-corrected chi connectivity index (χ0v) is 11.3. The summed E-state index contributed by atoms with van der Waals surface area (Å²) >= 11 is 0. The number of ether oxygens (including phenoxy) is 1. The molecule has 0 aliphatic carbocycles. The minimum Gasteiger partial charge on any atom is -0.394 e. The second kappa shape index (κ2) is 5.43. The van der Waals surface area contributed by atoms with E-state index in [1.807, 2.05) is 0 Å². The third-order valence-electron chi connectivity index (χ3n) is 3.81. The number of carbonyl (C=O) groups excluding carboxylic acids is 1.